The lowest BCUT2D eigenvalue weighted by Crippen LogP contribution is -2.37. The molecule has 1 saturated heterocycles. The predicted octanol–water partition coefficient (Wildman–Crippen LogP) is 1.27. The Kier molecular flexibility index (Phi) is 4.65. The van der Waals surface area contributed by atoms with Crippen molar-refractivity contribution in [2.45, 2.75) is 25.7 Å². The fraction of sp³-hybridized carbons (Fsp3) is 0.500. The number of rotatable bonds is 6. The average Bonchev–Trinajstić information content (AvgIpc) is 3.13. The summed E-state index contributed by atoms with van der Waals surface area (Å²) in [7, 11) is 0. The quantitative estimate of drug-likeness (QED) is 0.806. The summed E-state index contributed by atoms with van der Waals surface area (Å²) in [6.07, 6.45) is 2.60. The van der Waals surface area contributed by atoms with E-state index in [0.717, 1.165) is 12.8 Å². The zero-order valence-corrected chi connectivity index (χ0v) is 13.9. The Morgan fingerprint density at radius 1 is 1.36 bits per heavy atom. The van der Waals surface area contributed by atoms with Crippen molar-refractivity contribution in [3.05, 3.63) is 29.8 Å². The number of fused-ring (bicyclic) bond motifs is 1. The number of primary amides is 1. The number of aliphatic carboxylic acids is 1. The van der Waals surface area contributed by atoms with Gasteiger partial charge in [0.2, 0.25) is 11.8 Å². The lowest BCUT2D eigenvalue weighted by molar-refractivity contribution is -0.149. The van der Waals surface area contributed by atoms with Crippen molar-refractivity contribution in [2.24, 2.45) is 17.1 Å². The molecule has 1 aromatic rings. The molecule has 2 fully saturated rings. The number of likely N-dealkylation sites (tertiary alicyclic amines) is 1. The molecule has 134 valence electrons. The number of carbonyl (C=O) groups excluding carboxylic acids is 2. The van der Waals surface area contributed by atoms with E-state index < -0.39 is 17.3 Å². The molecule has 25 heavy (non-hydrogen) atoms. The number of carboxylic acids is 1. The Bertz CT molecular complexity index is 704. The second kappa shape index (κ2) is 6.74. The van der Waals surface area contributed by atoms with Gasteiger partial charge in [-0.15, -0.1) is 0 Å². The highest BCUT2D eigenvalue weighted by atomic mass is 16.5. The number of hydrogen-bond donors (Lipinski definition) is 2. The maximum absolute atomic E-state index is 12.4. The first-order valence-electron chi connectivity index (χ1n) is 8.46. The summed E-state index contributed by atoms with van der Waals surface area (Å²) < 4.78 is 5.52. The molecule has 3 N–H and O–H groups in total. The first-order valence-corrected chi connectivity index (χ1v) is 8.46. The molecule has 0 unspecified atom stereocenters. The lowest BCUT2D eigenvalue weighted by atomic mass is 9.81. The fourth-order valence-electron chi connectivity index (χ4n) is 3.98. The first-order chi connectivity index (χ1) is 11.9. The van der Waals surface area contributed by atoms with Crippen molar-refractivity contribution in [3.8, 4) is 5.75 Å². The Labute approximate surface area is 145 Å². The maximum atomic E-state index is 12.4. The van der Waals surface area contributed by atoms with Crippen LogP contribution in [0.4, 0.5) is 0 Å². The number of ether oxygens (including phenoxy) is 1. The van der Waals surface area contributed by atoms with Gasteiger partial charge in [0.25, 0.3) is 0 Å². The number of benzene rings is 1. The van der Waals surface area contributed by atoms with Crippen LogP contribution in [0.3, 0.4) is 0 Å². The molecule has 1 aliphatic carbocycles. The lowest BCUT2D eigenvalue weighted by Gasteiger charge is -2.23. The third-order valence-corrected chi connectivity index (χ3v) is 5.35. The summed E-state index contributed by atoms with van der Waals surface area (Å²) in [5.41, 5.74) is 4.81. The van der Waals surface area contributed by atoms with Gasteiger partial charge in [-0.2, -0.15) is 0 Å². The molecule has 1 saturated carbocycles. The summed E-state index contributed by atoms with van der Waals surface area (Å²) in [6, 6.07) is 6.48. The summed E-state index contributed by atoms with van der Waals surface area (Å²) in [4.78, 5) is 36.8. The topological polar surface area (TPSA) is 110 Å². The molecule has 3 rings (SSSR count). The number of amides is 2. The van der Waals surface area contributed by atoms with E-state index >= 15 is 0 Å². The van der Waals surface area contributed by atoms with Gasteiger partial charge in [-0.05, 0) is 37.0 Å². The second-order valence-electron chi connectivity index (χ2n) is 6.82. The minimum Gasteiger partial charge on any atom is -0.493 e. The minimum atomic E-state index is -0.787. The van der Waals surface area contributed by atoms with Gasteiger partial charge in [0.1, 0.15) is 5.75 Å². The van der Waals surface area contributed by atoms with Gasteiger partial charge in [-0.25, -0.2) is 0 Å². The van der Waals surface area contributed by atoms with Crippen molar-refractivity contribution in [1.29, 1.82) is 0 Å². The number of carbonyl (C=O) groups is 3. The molecule has 1 aliphatic heterocycles. The minimum absolute atomic E-state index is 0.0575. The van der Waals surface area contributed by atoms with Crippen molar-refractivity contribution in [3.63, 3.8) is 0 Å². The van der Waals surface area contributed by atoms with Crippen molar-refractivity contribution in [1.82, 2.24) is 4.90 Å². The van der Waals surface area contributed by atoms with Gasteiger partial charge < -0.3 is 20.5 Å². The standard InChI is InChI=1S/C18H22N2O5/c19-16(22)12-3-1-5-14(9-12)25-8-6-15(21)20-10-13-4-2-7-18(13,11-20)17(23)24/h1,3,5,9,13H,2,4,6-8,10-11H2,(H2,19,22)(H,23,24)/t13-,18+/m0/s1. The first kappa shape index (κ1) is 17.3. The molecule has 7 heteroatoms. The highest BCUT2D eigenvalue weighted by Crippen LogP contribution is 2.48. The third-order valence-electron chi connectivity index (χ3n) is 5.35. The van der Waals surface area contributed by atoms with Crippen LogP contribution in [0.25, 0.3) is 0 Å². The molecule has 0 bridgehead atoms. The van der Waals surface area contributed by atoms with Gasteiger partial charge in [0.15, 0.2) is 0 Å². The van der Waals surface area contributed by atoms with Gasteiger partial charge >= 0.3 is 5.97 Å². The molecule has 2 atom stereocenters. The zero-order valence-electron chi connectivity index (χ0n) is 13.9. The van der Waals surface area contributed by atoms with Crippen LogP contribution in [-0.4, -0.2) is 47.5 Å². The molecular formula is C18H22N2O5. The van der Waals surface area contributed by atoms with E-state index in [-0.39, 0.29) is 24.9 Å². The molecule has 1 heterocycles. The van der Waals surface area contributed by atoms with Gasteiger partial charge in [-0.1, -0.05) is 12.5 Å². The largest absolute Gasteiger partial charge is 0.493 e. The molecule has 2 amide bonds. The highest BCUT2D eigenvalue weighted by molar-refractivity contribution is 5.93. The van der Waals surface area contributed by atoms with Crippen LogP contribution >= 0.6 is 0 Å². The SMILES string of the molecule is NC(=O)c1cccc(OCCC(=O)N2C[C@@H]3CCC[C@@]3(C(=O)O)C2)c1. The van der Waals surface area contributed by atoms with E-state index in [4.69, 9.17) is 10.5 Å². The van der Waals surface area contributed by atoms with Crippen molar-refractivity contribution < 1.29 is 24.2 Å². The van der Waals surface area contributed by atoms with Crippen LogP contribution < -0.4 is 10.5 Å². The number of hydrogen-bond acceptors (Lipinski definition) is 4. The molecule has 0 radical (unpaired) electrons. The van der Waals surface area contributed by atoms with E-state index in [2.05, 4.69) is 0 Å². The molecular weight excluding hydrogens is 324 g/mol. The summed E-state index contributed by atoms with van der Waals surface area (Å²) >= 11 is 0. The average molecular weight is 346 g/mol. The maximum Gasteiger partial charge on any atom is 0.311 e. The van der Waals surface area contributed by atoms with Crippen LogP contribution in [0.5, 0.6) is 5.75 Å². The zero-order chi connectivity index (χ0) is 18.0. The Morgan fingerprint density at radius 3 is 2.84 bits per heavy atom. The van der Waals surface area contributed by atoms with Crippen LogP contribution in [-0.2, 0) is 9.59 Å². The molecule has 1 aromatic carbocycles. The third kappa shape index (κ3) is 3.31. The monoisotopic (exact) mass is 346 g/mol. The Balaban J connectivity index is 1.53. The van der Waals surface area contributed by atoms with E-state index in [1.807, 2.05) is 0 Å². The second-order valence-corrected chi connectivity index (χ2v) is 6.82. The number of nitrogens with zero attached hydrogens (tertiary/aromatic N) is 1. The Morgan fingerprint density at radius 2 is 2.16 bits per heavy atom. The van der Waals surface area contributed by atoms with E-state index in [0.29, 0.717) is 30.8 Å². The Hall–Kier alpha value is -2.57. The van der Waals surface area contributed by atoms with Gasteiger partial charge in [-0.3, -0.25) is 14.4 Å². The number of nitrogens with two attached hydrogens (primary N) is 1. The van der Waals surface area contributed by atoms with E-state index in [1.165, 1.54) is 6.07 Å². The molecule has 0 spiro atoms. The summed E-state index contributed by atoms with van der Waals surface area (Å²) in [5.74, 6) is -0.887. The van der Waals surface area contributed by atoms with Crippen molar-refractivity contribution >= 4 is 17.8 Å². The summed E-state index contributed by atoms with van der Waals surface area (Å²) in [6.45, 7) is 0.980. The molecule has 0 aromatic heterocycles. The van der Waals surface area contributed by atoms with Gasteiger partial charge in [0.05, 0.1) is 18.4 Å². The van der Waals surface area contributed by atoms with Gasteiger partial charge in [0, 0.05) is 18.7 Å². The van der Waals surface area contributed by atoms with Crippen LogP contribution in [0.2, 0.25) is 0 Å². The predicted molar refractivity (Wildman–Crippen MR) is 89.1 cm³/mol. The van der Waals surface area contributed by atoms with Crippen LogP contribution in [0.1, 0.15) is 36.0 Å². The smallest absolute Gasteiger partial charge is 0.311 e. The molecule has 2 aliphatic rings. The van der Waals surface area contributed by atoms with Crippen LogP contribution in [0.15, 0.2) is 24.3 Å². The molecule has 7 nitrogen and oxygen atoms in total. The summed E-state index contributed by atoms with van der Waals surface area (Å²) in [5, 5.41) is 9.57. The highest BCUT2D eigenvalue weighted by Gasteiger charge is 2.55. The van der Waals surface area contributed by atoms with E-state index in [1.54, 1.807) is 23.1 Å². The van der Waals surface area contributed by atoms with Crippen molar-refractivity contribution in [2.75, 3.05) is 19.7 Å². The fourth-order valence-corrected chi connectivity index (χ4v) is 3.98. The normalized spacial score (nSPS) is 24.8. The van der Waals surface area contributed by atoms with E-state index in [9.17, 15) is 19.5 Å². The van der Waals surface area contributed by atoms with Crippen LogP contribution in [0, 0.1) is 11.3 Å². The number of carboxylic acid groups (broad SMARTS) is 1.